The van der Waals surface area contributed by atoms with Crippen LogP contribution in [0.2, 0.25) is 5.02 Å². The molecule has 0 radical (unpaired) electrons. The molecule has 104 valence electrons. The van der Waals surface area contributed by atoms with Gasteiger partial charge in [0.25, 0.3) is 0 Å². The van der Waals surface area contributed by atoms with Crippen molar-refractivity contribution >= 4 is 29.3 Å². The van der Waals surface area contributed by atoms with Gasteiger partial charge in [0.05, 0.1) is 17.4 Å². The number of rotatable bonds is 2. The lowest BCUT2D eigenvalue weighted by Crippen LogP contribution is -2.38. The Bertz CT molecular complexity index is 408. The molecule has 3 heterocycles. The molecule has 1 aromatic rings. The third-order valence-corrected chi connectivity index (χ3v) is 5.18. The lowest BCUT2D eigenvalue weighted by Gasteiger charge is -2.26. The van der Waals surface area contributed by atoms with E-state index in [-0.39, 0.29) is 0 Å². The fraction of sp³-hybridized carbons (Fsp3) is 0.692. The van der Waals surface area contributed by atoms with Crippen molar-refractivity contribution in [1.29, 1.82) is 0 Å². The lowest BCUT2D eigenvalue weighted by atomic mass is 10.2. The number of hydrogen-bond acceptors (Lipinski definition) is 5. The van der Waals surface area contributed by atoms with E-state index in [0.29, 0.717) is 5.02 Å². The molecule has 0 aromatic carbocycles. The van der Waals surface area contributed by atoms with Crippen LogP contribution in [0.3, 0.4) is 0 Å². The Morgan fingerprint density at radius 1 is 1.16 bits per heavy atom. The highest BCUT2D eigenvalue weighted by Gasteiger charge is 2.25. The van der Waals surface area contributed by atoms with Crippen LogP contribution in [-0.2, 0) is 0 Å². The van der Waals surface area contributed by atoms with Gasteiger partial charge in [-0.1, -0.05) is 11.6 Å². The summed E-state index contributed by atoms with van der Waals surface area (Å²) < 4.78 is 0. The van der Waals surface area contributed by atoms with Gasteiger partial charge in [0.1, 0.15) is 0 Å². The van der Waals surface area contributed by atoms with Crippen molar-refractivity contribution in [2.45, 2.75) is 18.9 Å². The molecule has 0 spiro atoms. The van der Waals surface area contributed by atoms with Gasteiger partial charge in [-0.15, -0.1) is 0 Å². The van der Waals surface area contributed by atoms with Crippen molar-refractivity contribution in [2.24, 2.45) is 0 Å². The Balaban J connectivity index is 1.62. The summed E-state index contributed by atoms with van der Waals surface area (Å²) in [5, 5.41) is 0.600. The molecule has 3 rings (SSSR count). The van der Waals surface area contributed by atoms with E-state index in [9.17, 15) is 0 Å². The Labute approximate surface area is 123 Å². The Hall–Kier alpha value is -0.520. The van der Waals surface area contributed by atoms with Crippen LogP contribution >= 0.6 is 23.4 Å². The van der Waals surface area contributed by atoms with E-state index in [1.54, 1.807) is 12.4 Å². The molecule has 2 saturated heterocycles. The lowest BCUT2D eigenvalue weighted by molar-refractivity contribution is 0.228. The Morgan fingerprint density at radius 2 is 2.00 bits per heavy atom. The number of nitrogens with zero attached hydrogens (tertiary/aromatic N) is 4. The second-order valence-electron chi connectivity index (χ2n) is 5.10. The highest BCUT2D eigenvalue weighted by molar-refractivity contribution is 7.99. The number of aromatic nitrogens is 2. The van der Waals surface area contributed by atoms with Crippen LogP contribution in [0, 0.1) is 0 Å². The minimum absolute atomic E-state index is 0.600. The zero-order chi connectivity index (χ0) is 13.1. The summed E-state index contributed by atoms with van der Waals surface area (Å²) in [5.41, 5.74) is 0. The highest BCUT2D eigenvalue weighted by atomic mass is 35.5. The summed E-state index contributed by atoms with van der Waals surface area (Å²) in [7, 11) is 0. The Morgan fingerprint density at radius 3 is 2.74 bits per heavy atom. The van der Waals surface area contributed by atoms with Gasteiger partial charge in [-0.2, -0.15) is 11.8 Å². The van der Waals surface area contributed by atoms with E-state index in [1.807, 2.05) is 0 Å². The second kappa shape index (κ2) is 6.29. The first-order chi connectivity index (χ1) is 9.33. The number of anilines is 1. The quantitative estimate of drug-likeness (QED) is 0.835. The van der Waals surface area contributed by atoms with Crippen molar-refractivity contribution in [3.05, 3.63) is 17.4 Å². The molecular weight excluding hydrogens is 280 g/mol. The van der Waals surface area contributed by atoms with E-state index in [0.717, 1.165) is 31.6 Å². The van der Waals surface area contributed by atoms with Crippen molar-refractivity contribution in [3.63, 3.8) is 0 Å². The van der Waals surface area contributed by atoms with Gasteiger partial charge < -0.3 is 4.90 Å². The smallest absolute Gasteiger partial charge is 0.225 e. The predicted molar refractivity (Wildman–Crippen MR) is 81.2 cm³/mol. The second-order valence-corrected chi connectivity index (χ2v) is 6.68. The van der Waals surface area contributed by atoms with Crippen molar-refractivity contribution in [2.75, 3.05) is 42.6 Å². The van der Waals surface area contributed by atoms with E-state index < -0.39 is 0 Å². The molecule has 2 aliphatic heterocycles. The van der Waals surface area contributed by atoms with Crippen LogP contribution in [-0.4, -0.2) is 58.6 Å². The summed E-state index contributed by atoms with van der Waals surface area (Å²) >= 11 is 7.92. The third-order valence-electron chi connectivity index (χ3n) is 3.84. The van der Waals surface area contributed by atoms with Crippen molar-refractivity contribution in [1.82, 2.24) is 14.9 Å². The molecule has 2 aliphatic rings. The maximum atomic E-state index is 5.84. The first-order valence-corrected chi connectivity index (χ1v) is 8.40. The summed E-state index contributed by atoms with van der Waals surface area (Å²) in [6, 6.07) is 0.788. The van der Waals surface area contributed by atoms with Gasteiger partial charge in [-0.25, -0.2) is 9.97 Å². The van der Waals surface area contributed by atoms with Gasteiger partial charge in [0.15, 0.2) is 0 Å². The molecule has 0 saturated carbocycles. The van der Waals surface area contributed by atoms with Gasteiger partial charge in [-0.3, -0.25) is 4.90 Å². The normalized spacial score (nSPS) is 25.5. The van der Waals surface area contributed by atoms with E-state index in [1.165, 1.54) is 30.9 Å². The molecule has 1 aromatic heterocycles. The standard InChI is InChI=1S/C13H19ClN4S/c14-11-8-15-13(16-9-11)18-4-1-3-17(5-6-18)12-2-7-19-10-12/h8-9,12H,1-7,10H2. The Kier molecular flexibility index (Phi) is 4.45. The minimum atomic E-state index is 0.600. The van der Waals surface area contributed by atoms with Gasteiger partial charge in [-0.05, 0) is 18.6 Å². The molecule has 0 amide bonds. The zero-order valence-electron chi connectivity index (χ0n) is 11.0. The molecular formula is C13H19ClN4S. The van der Waals surface area contributed by atoms with Crippen LogP contribution in [0.4, 0.5) is 5.95 Å². The van der Waals surface area contributed by atoms with Crippen LogP contribution in [0.25, 0.3) is 0 Å². The SMILES string of the molecule is Clc1cnc(N2CCCN(C3CCSC3)CC2)nc1. The van der Waals surface area contributed by atoms with Gasteiger partial charge in [0, 0.05) is 38.0 Å². The third kappa shape index (κ3) is 3.33. The fourth-order valence-corrected chi connectivity index (χ4v) is 4.13. The van der Waals surface area contributed by atoms with Crippen LogP contribution in [0.15, 0.2) is 12.4 Å². The molecule has 1 atom stereocenters. The van der Waals surface area contributed by atoms with Gasteiger partial charge >= 0.3 is 0 Å². The first-order valence-electron chi connectivity index (χ1n) is 6.87. The molecule has 0 bridgehead atoms. The molecule has 19 heavy (non-hydrogen) atoms. The number of thioether (sulfide) groups is 1. The van der Waals surface area contributed by atoms with Crippen molar-refractivity contribution in [3.8, 4) is 0 Å². The summed E-state index contributed by atoms with van der Waals surface area (Å²) in [6.07, 6.45) is 5.90. The summed E-state index contributed by atoms with van der Waals surface area (Å²) in [5.74, 6) is 3.44. The average molecular weight is 299 g/mol. The van der Waals surface area contributed by atoms with Crippen molar-refractivity contribution < 1.29 is 0 Å². The maximum absolute atomic E-state index is 5.84. The maximum Gasteiger partial charge on any atom is 0.225 e. The van der Waals surface area contributed by atoms with E-state index >= 15 is 0 Å². The zero-order valence-corrected chi connectivity index (χ0v) is 12.5. The highest BCUT2D eigenvalue weighted by Crippen LogP contribution is 2.23. The summed E-state index contributed by atoms with van der Waals surface area (Å²) in [6.45, 7) is 4.38. The van der Waals surface area contributed by atoms with E-state index in [2.05, 4.69) is 31.5 Å². The van der Waals surface area contributed by atoms with E-state index in [4.69, 9.17) is 11.6 Å². The molecule has 1 unspecified atom stereocenters. The monoisotopic (exact) mass is 298 g/mol. The van der Waals surface area contributed by atoms with Crippen LogP contribution in [0.5, 0.6) is 0 Å². The van der Waals surface area contributed by atoms with Gasteiger partial charge in [0.2, 0.25) is 5.95 Å². The molecule has 0 N–H and O–H groups in total. The molecule has 4 nitrogen and oxygen atoms in total. The first kappa shape index (κ1) is 13.5. The fourth-order valence-electron chi connectivity index (χ4n) is 2.78. The minimum Gasteiger partial charge on any atom is -0.339 e. The summed E-state index contributed by atoms with van der Waals surface area (Å²) in [4.78, 5) is 13.6. The largest absolute Gasteiger partial charge is 0.339 e. The average Bonchev–Trinajstić information content (AvgIpc) is 2.85. The topological polar surface area (TPSA) is 32.3 Å². The van der Waals surface area contributed by atoms with Crippen LogP contribution < -0.4 is 4.90 Å². The molecule has 6 heteroatoms. The molecule has 0 aliphatic carbocycles. The number of hydrogen-bond donors (Lipinski definition) is 0. The molecule has 2 fully saturated rings. The van der Waals surface area contributed by atoms with Crippen LogP contribution in [0.1, 0.15) is 12.8 Å². The number of halogens is 1. The predicted octanol–water partition coefficient (Wildman–Crippen LogP) is 2.15.